The summed E-state index contributed by atoms with van der Waals surface area (Å²) in [6, 6.07) is 3.85. The minimum absolute atomic E-state index is 0.573. The van der Waals surface area contributed by atoms with Gasteiger partial charge in [-0.15, -0.1) is 0 Å². The molecule has 1 N–H and O–H groups in total. The van der Waals surface area contributed by atoms with Gasteiger partial charge in [-0.05, 0) is 25.0 Å². The average Bonchev–Trinajstić information content (AvgIpc) is 2.95. The number of nitrogens with one attached hydrogen (secondary N) is 1. The quantitative estimate of drug-likeness (QED) is 0.901. The highest BCUT2D eigenvalue weighted by atomic mass is 35.5. The molecule has 0 aliphatic carbocycles. The van der Waals surface area contributed by atoms with Gasteiger partial charge in [-0.25, -0.2) is 4.98 Å². The largest absolute Gasteiger partial charge is 0.386 e. The van der Waals surface area contributed by atoms with Crippen LogP contribution in [0.4, 0.5) is 11.5 Å². The maximum atomic E-state index is 6.37. The van der Waals surface area contributed by atoms with Crippen LogP contribution < -0.4 is 10.2 Å². The Bertz CT molecular complexity index is 622. The number of halogens is 2. The van der Waals surface area contributed by atoms with Gasteiger partial charge in [0.15, 0.2) is 0 Å². The number of rotatable bonds is 2. The predicted molar refractivity (Wildman–Crippen MR) is 82.8 cm³/mol. The zero-order valence-corrected chi connectivity index (χ0v) is 12.2. The van der Waals surface area contributed by atoms with Gasteiger partial charge in [-0.3, -0.25) is 0 Å². The molecule has 2 aromatic rings. The summed E-state index contributed by atoms with van der Waals surface area (Å²) in [6.07, 6.45) is 4.27. The summed E-state index contributed by atoms with van der Waals surface area (Å²) in [7, 11) is 1.86. The van der Waals surface area contributed by atoms with Crippen LogP contribution in [-0.2, 0) is 0 Å². The Morgan fingerprint density at radius 2 is 1.95 bits per heavy atom. The van der Waals surface area contributed by atoms with Crippen LogP contribution in [0.15, 0.2) is 18.3 Å². The van der Waals surface area contributed by atoms with Crippen molar-refractivity contribution in [1.82, 2.24) is 4.98 Å². The minimum atomic E-state index is 0.573. The minimum Gasteiger partial charge on any atom is -0.386 e. The molecule has 1 saturated heterocycles. The Hall–Kier alpha value is -1.19. The average molecular weight is 296 g/mol. The molecule has 1 aromatic heterocycles. The van der Waals surface area contributed by atoms with Gasteiger partial charge in [-0.2, -0.15) is 0 Å². The summed E-state index contributed by atoms with van der Waals surface area (Å²) in [5.41, 5.74) is 0.908. The van der Waals surface area contributed by atoms with Crippen LogP contribution >= 0.6 is 23.2 Å². The van der Waals surface area contributed by atoms with E-state index in [0.29, 0.717) is 10.0 Å². The Kier molecular flexibility index (Phi) is 3.42. The van der Waals surface area contributed by atoms with Crippen LogP contribution in [0, 0.1) is 0 Å². The van der Waals surface area contributed by atoms with Crippen LogP contribution in [0.3, 0.4) is 0 Å². The zero-order valence-electron chi connectivity index (χ0n) is 10.7. The molecular formula is C14H15Cl2N3. The number of hydrogen-bond donors (Lipinski definition) is 1. The molecule has 19 heavy (non-hydrogen) atoms. The van der Waals surface area contributed by atoms with Crippen molar-refractivity contribution in [2.45, 2.75) is 12.8 Å². The number of benzene rings is 1. The Morgan fingerprint density at radius 3 is 2.63 bits per heavy atom. The molecular weight excluding hydrogens is 281 g/mol. The highest BCUT2D eigenvalue weighted by Gasteiger charge is 2.19. The lowest BCUT2D eigenvalue weighted by molar-refractivity contribution is 0.946. The number of hydrogen-bond acceptors (Lipinski definition) is 3. The molecule has 0 radical (unpaired) electrons. The van der Waals surface area contributed by atoms with E-state index in [1.54, 1.807) is 0 Å². The van der Waals surface area contributed by atoms with Crippen LogP contribution in [0.25, 0.3) is 10.8 Å². The number of pyridine rings is 1. The van der Waals surface area contributed by atoms with Crippen molar-refractivity contribution in [2.75, 3.05) is 30.4 Å². The topological polar surface area (TPSA) is 28.2 Å². The fourth-order valence-corrected chi connectivity index (χ4v) is 3.05. The van der Waals surface area contributed by atoms with E-state index in [1.165, 1.54) is 12.8 Å². The van der Waals surface area contributed by atoms with E-state index in [0.717, 1.165) is 35.4 Å². The fourth-order valence-electron chi connectivity index (χ4n) is 2.63. The molecule has 0 spiro atoms. The lowest BCUT2D eigenvalue weighted by atomic mass is 10.1. The van der Waals surface area contributed by atoms with Crippen molar-refractivity contribution in [1.29, 1.82) is 0 Å². The molecule has 0 amide bonds. The smallest absolute Gasteiger partial charge is 0.136 e. The molecule has 2 heterocycles. The van der Waals surface area contributed by atoms with E-state index in [1.807, 2.05) is 25.4 Å². The summed E-state index contributed by atoms with van der Waals surface area (Å²) >= 11 is 12.5. The normalized spacial score (nSPS) is 15.2. The Morgan fingerprint density at radius 1 is 1.21 bits per heavy atom. The van der Waals surface area contributed by atoms with Gasteiger partial charge in [0, 0.05) is 30.9 Å². The van der Waals surface area contributed by atoms with Gasteiger partial charge in [0.05, 0.1) is 21.9 Å². The molecule has 0 bridgehead atoms. The van der Waals surface area contributed by atoms with Crippen LogP contribution in [0.1, 0.15) is 12.8 Å². The zero-order chi connectivity index (χ0) is 13.4. The summed E-state index contributed by atoms with van der Waals surface area (Å²) in [4.78, 5) is 6.90. The van der Waals surface area contributed by atoms with Crippen LogP contribution in [0.5, 0.6) is 0 Å². The van der Waals surface area contributed by atoms with Crippen LogP contribution in [-0.4, -0.2) is 25.1 Å². The van der Waals surface area contributed by atoms with Gasteiger partial charge in [0.1, 0.15) is 5.82 Å². The van der Waals surface area contributed by atoms with Gasteiger partial charge in [0.25, 0.3) is 0 Å². The van der Waals surface area contributed by atoms with E-state index in [2.05, 4.69) is 15.2 Å². The van der Waals surface area contributed by atoms with Crippen LogP contribution in [0.2, 0.25) is 10.0 Å². The van der Waals surface area contributed by atoms with Crippen molar-refractivity contribution >= 4 is 45.5 Å². The fraction of sp³-hybridized carbons (Fsp3) is 0.357. The Labute approximate surface area is 122 Å². The first-order valence-electron chi connectivity index (χ1n) is 6.42. The third-order valence-electron chi connectivity index (χ3n) is 3.60. The first-order chi connectivity index (χ1) is 9.22. The third-order valence-corrected chi connectivity index (χ3v) is 4.40. The van der Waals surface area contributed by atoms with Gasteiger partial charge >= 0.3 is 0 Å². The van der Waals surface area contributed by atoms with Crippen molar-refractivity contribution in [3.63, 3.8) is 0 Å². The lowest BCUT2D eigenvalue weighted by Crippen LogP contribution is -2.19. The highest BCUT2D eigenvalue weighted by molar-refractivity contribution is 6.46. The number of anilines is 2. The van der Waals surface area contributed by atoms with Crippen molar-refractivity contribution in [2.24, 2.45) is 0 Å². The van der Waals surface area contributed by atoms with E-state index in [4.69, 9.17) is 23.2 Å². The monoisotopic (exact) mass is 295 g/mol. The van der Waals surface area contributed by atoms with E-state index in [9.17, 15) is 0 Å². The molecule has 3 nitrogen and oxygen atoms in total. The van der Waals surface area contributed by atoms with Gasteiger partial charge < -0.3 is 10.2 Å². The second-order valence-electron chi connectivity index (χ2n) is 4.72. The van der Waals surface area contributed by atoms with Gasteiger partial charge in [0.2, 0.25) is 0 Å². The molecule has 5 heteroatoms. The molecule has 3 rings (SSSR count). The van der Waals surface area contributed by atoms with Gasteiger partial charge in [-0.1, -0.05) is 23.2 Å². The maximum absolute atomic E-state index is 6.37. The SMILES string of the molecule is CNc1cnc(N2CCCC2)c2ccc(Cl)c(Cl)c12. The maximum Gasteiger partial charge on any atom is 0.136 e. The molecule has 1 fully saturated rings. The third kappa shape index (κ3) is 2.11. The van der Waals surface area contributed by atoms with Crippen molar-refractivity contribution < 1.29 is 0 Å². The van der Waals surface area contributed by atoms with E-state index >= 15 is 0 Å². The first-order valence-corrected chi connectivity index (χ1v) is 7.17. The molecule has 0 unspecified atom stereocenters. The molecule has 1 aliphatic heterocycles. The number of aromatic nitrogens is 1. The molecule has 100 valence electrons. The summed E-state index contributed by atoms with van der Waals surface area (Å²) in [6.45, 7) is 2.11. The highest BCUT2D eigenvalue weighted by Crippen LogP contribution is 2.39. The summed E-state index contributed by atoms with van der Waals surface area (Å²) in [5.74, 6) is 1.00. The second-order valence-corrected chi connectivity index (χ2v) is 5.51. The number of nitrogens with zero attached hydrogens (tertiary/aromatic N) is 2. The molecule has 1 aliphatic rings. The number of fused-ring (bicyclic) bond motifs is 1. The Balaban J connectivity index is 2.28. The predicted octanol–water partition coefficient (Wildman–Crippen LogP) is 4.18. The second kappa shape index (κ2) is 5.06. The van der Waals surface area contributed by atoms with Crippen molar-refractivity contribution in [3.05, 3.63) is 28.4 Å². The molecule has 0 saturated carbocycles. The molecule has 0 atom stereocenters. The van der Waals surface area contributed by atoms with E-state index < -0.39 is 0 Å². The summed E-state index contributed by atoms with van der Waals surface area (Å²) in [5, 5.41) is 6.31. The molecule has 1 aromatic carbocycles. The van der Waals surface area contributed by atoms with E-state index in [-0.39, 0.29) is 0 Å². The van der Waals surface area contributed by atoms with Crippen molar-refractivity contribution in [3.8, 4) is 0 Å². The first kappa shape index (κ1) is 12.8. The standard InChI is InChI=1S/C14H15Cl2N3/c1-17-11-8-18-14(19-6-2-3-7-19)9-4-5-10(15)13(16)12(9)11/h4-5,8,17H,2-3,6-7H2,1H3. The lowest BCUT2D eigenvalue weighted by Gasteiger charge is -2.20. The summed E-state index contributed by atoms with van der Waals surface area (Å²) < 4.78 is 0.